The van der Waals surface area contributed by atoms with Gasteiger partial charge in [0.2, 0.25) is 0 Å². The Balaban J connectivity index is 4.35. The average Bonchev–Trinajstić information content (AvgIpc) is 3.40. The van der Waals surface area contributed by atoms with Crippen LogP contribution >= 0.6 is 0 Å². The summed E-state index contributed by atoms with van der Waals surface area (Å²) in [6, 6.07) is 0. The zero-order valence-corrected chi connectivity index (χ0v) is 49.4. The van der Waals surface area contributed by atoms with Crippen molar-refractivity contribution in [1.82, 2.24) is 0 Å². The van der Waals surface area contributed by atoms with Crippen LogP contribution in [0.5, 0.6) is 0 Å². The first-order valence-corrected chi connectivity index (χ1v) is 32.3. The van der Waals surface area contributed by atoms with Crippen LogP contribution < -0.4 is 0 Å². The molecule has 1 unspecified atom stereocenters. The summed E-state index contributed by atoms with van der Waals surface area (Å²) in [5, 5.41) is 0. The van der Waals surface area contributed by atoms with Gasteiger partial charge in [0.25, 0.3) is 0 Å². The normalized spacial score (nSPS) is 12.4. The standard InChI is InChI=1S/C68H122O6/c1-4-7-10-13-16-19-22-25-28-31-33-35-37-40-43-46-49-52-55-58-61-67(70)73-64-65(63-72-66(69)60-57-54-51-48-45-42-39-36-30-27-24-21-18-15-12-9-6-3)74-68(71)62-59-56-53-50-47-44-41-38-34-32-29-26-23-20-17-14-11-8-5-2/h9,12,17-18,20-21,26-27,29-30,65H,4-8,10-11,13-16,19,22-25,28,31-64H2,1-3H3/b12-9-,20-17-,21-18-,29-26-,30-27-. The molecule has 0 aliphatic carbocycles. The van der Waals surface area contributed by atoms with Gasteiger partial charge in [-0.3, -0.25) is 14.4 Å². The van der Waals surface area contributed by atoms with Gasteiger partial charge in [-0.2, -0.15) is 0 Å². The van der Waals surface area contributed by atoms with Crippen molar-refractivity contribution in [3.63, 3.8) is 0 Å². The number of rotatable bonds is 59. The smallest absolute Gasteiger partial charge is 0.306 e. The van der Waals surface area contributed by atoms with Crippen LogP contribution in [0.1, 0.15) is 335 Å². The van der Waals surface area contributed by atoms with Gasteiger partial charge in [-0.15, -0.1) is 0 Å². The molecule has 1 atom stereocenters. The highest BCUT2D eigenvalue weighted by atomic mass is 16.6. The number of ether oxygens (including phenoxy) is 3. The summed E-state index contributed by atoms with van der Waals surface area (Å²) in [6.07, 6.45) is 79.4. The molecule has 0 rings (SSSR count). The van der Waals surface area contributed by atoms with Crippen LogP contribution in [0.2, 0.25) is 0 Å². The molecule has 0 aliphatic heterocycles. The Morgan fingerprint density at radius 1 is 0.284 bits per heavy atom. The Morgan fingerprint density at radius 2 is 0.527 bits per heavy atom. The molecule has 0 heterocycles. The molecule has 6 nitrogen and oxygen atoms in total. The van der Waals surface area contributed by atoms with Crippen LogP contribution in [0, 0.1) is 0 Å². The number of carbonyl (C=O) groups is 3. The van der Waals surface area contributed by atoms with Gasteiger partial charge in [-0.05, 0) is 83.5 Å². The summed E-state index contributed by atoms with van der Waals surface area (Å²) >= 11 is 0. The van der Waals surface area contributed by atoms with Gasteiger partial charge in [-0.25, -0.2) is 0 Å². The van der Waals surface area contributed by atoms with Gasteiger partial charge in [0.05, 0.1) is 0 Å². The minimum absolute atomic E-state index is 0.0757. The molecule has 430 valence electrons. The van der Waals surface area contributed by atoms with Gasteiger partial charge in [0, 0.05) is 19.3 Å². The Kier molecular flexibility index (Phi) is 60.2. The van der Waals surface area contributed by atoms with Crippen LogP contribution in [0.3, 0.4) is 0 Å². The minimum Gasteiger partial charge on any atom is -0.462 e. The van der Waals surface area contributed by atoms with Crippen molar-refractivity contribution in [3.05, 3.63) is 60.8 Å². The quantitative estimate of drug-likeness (QED) is 0.0261. The Labute approximate surface area is 460 Å². The van der Waals surface area contributed by atoms with E-state index in [0.29, 0.717) is 19.3 Å². The van der Waals surface area contributed by atoms with Gasteiger partial charge >= 0.3 is 17.9 Å². The predicted octanol–water partition coefficient (Wildman–Crippen LogP) is 21.9. The van der Waals surface area contributed by atoms with Gasteiger partial charge in [-0.1, -0.05) is 293 Å². The zero-order chi connectivity index (χ0) is 53.6. The van der Waals surface area contributed by atoms with E-state index in [-0.39, 0.29) is 31.1 Å². The third-order valence-corrected chi connectivity index (χ3v) is 14.3. The van der Waals surface area contributed by atoms with Crippen molar-refractivity contribution >= 4 is 17.9 Å². The molecule has 0 spiro atoms. The topological polar surface area (TPSA) is 78.9 Å². The van der Waals surface area contributed by atoms with Crippen molar-refractivity contribution in [2.45, 2.75) is 341 Å². The molecule has 0 bridgehead atoms. The van der Waals surface area contributed by atoms with Crippen LogP contribution in [0.25, 0.3) is 0 Å². The fraction of sp³-hybridized carbons (Fsp3) is 0.809. The summed E-state index contributed by atoms with van der Waals surface area (Å²) in [5.74, 6) is -0.870. The average molecular weight is 1040 g/mol. The van der Waals surface area contributed by atoms with Crippen LogP contribution in [-0.4, -0.2) is 37.2 Å². The van der Waals surface area contributed by atoms with Crippen LogP contribution in [0.4, 0.5) is 0 Å². The highest BCUT2D eigenvalue weighted by Crippen LogP contribution is 2.17. The molecule has 0 N–H and O–H groups in total. The zero-order valence-electron chi connectivity index (χ0n) is 49.4. The lowest BCUT2D eigenvalue weighted by Gasteiger charge is -2.18. The Morgan fingerprint density at radius 3 is 0.851 bits per heavy atom. The maximum absolute atomic E-state index is 12.9. The van der Waals surface area contributed by atoms with E-state index in [1.165, 1.54) is 205 Å². The molecule has 0 amide bonds. The second kappa shape index (κ2) is 62.6. The highest BCUT2D eigenvalue weighted by molar-refractivity contribution is 5.71. The van der Waals surface area contributed by atoms with Gasteiger partial charge < -0.3 is 14.2 Å². The maximum atomic E-state index is 12.9. The maximum Gasteiger partial charge on any atom is 0.306 e. The van der Waals surface area contributed by atoms with Gasteiger partial charge in [0.15, 0.2) is 6.10 Å². The van der Waals surface area contributed by atoms with Crippen LogP contribution in [0.15, 0.2) is 60.8 Å². The lowest BCUT2D eigenvalue weighted by molar-refractivity contribution is -0.167. The van der Waals surface area contributed by atoms with E-state index in [2.05, 4.69) is 81.5 Å². The first-order chi connectivity index (χ1) is 36.5. The molecule has 0 aromatic rings. The number of allylic oxidation sites excluding steroid dienone is 10. The fourth-order valence-electron chi connectivity index (χ4n) is 9.43. The summed E-state index contributed by atoms with van der Waals surface area (Å²) in [6.45, 7) is 6.55. The lowest BCUT2D eigenvalue weighted by Crippen LogP contribution is -2.30. The van der Waals surface area contributed by atoms with Gasteiger partial charge in [0.1, 0.15) is 13.2 Å². The van der Waals surface area contributed by atoms with Crippen LogP contribution in [-0.2, 0) is 28.6 Å². The highest BCUT2D eigenvalue weighted by Gasteiger charge is 2.19. The summed E-state index contributed by atoms with van der Waals surface area (Å²) < 4.78 is 17.0. The third kappa shape index (κ3) is 60.0. The molecular formula is C68H122O6. The molecule has 0 radical (unpaired) electrons. The number of unbranched alkanes of at least 4 members (excludes halogenated alkanes) is 38. The van der Waals surface area contributed by atoms with E-state index < -0.39 is 6.10 Å². The number of esters is 3. The van der Waals surface area contributed by atoms with E-state index >= 15 is 0 Å². The van der Waals surface area contributed by atoms with Crippen molar-refractivity contribution in [3.8, 4) is 0 Å². The largest absolute Gasteiger partial charge is 0.462 e. The second-order valence-corrected chi connectivity index (χ2v) is 21.6. The molecule has 0 aromatic heterocycles. The molecule has 0 aliphatic rings. The van der Waals surface area contributed by atoms with E-state index in [1.807, 2.05) is 0 Å². The minimum atomic E-state index is -0.780. The molecule has 6 heteroatoms. The first kappa shape index (κ1) is 71.1. The SMILES string of the molecule is CC/C=C\C/C=C\C/C=C\CCCCCCCCCC(=O)OCC(COC(=O)CCCCCCCCCCCCCCCCCCCCCC)OC(=O)CCCCCCCCCCC/C=C\C/C=C\CCCCC. The Hall–Kier alpha value is -2.89. The monoisotopic (exact) mass is 1030 g/mol. The lowest BCUT2D eigenvalue weighted by atomic mass is 10.0. The summed E-state index contributed by atoms with van der Waals surface area (Å²) in [4.78, 5) is 38.4. The number of hydrogen-bond donors (Lipinski definition) is 0. The predicted molar refractivity (Wildman–Crippen MR) is 321 cm³/mol. The van der Waals surface area contributed by atoms with Crippen molar-refractivity contribution in [2.24, 2.45) is 0 Å². The summed E-state index contributed by atoms with van der Waals surface area (Å²) in [7, 11) is 0. The molecule has 74 heavy (non-hydrogen) atoms. The van der Waals surface area contributed by atoms with E-state index in [4.69, 9.17) is 14.2 Å². The number of carbonyl (C=O) groups excluding carboxylic acids is 3. The summed E-state index contributed by atoms with van der Waals surface area (Å²) in [5.41, 5.74) is 0. The Bertz CT molecular complexity index is 1330. The second-order valence-electron chi connectivity index (χ2n) is 21.6. The van der Waals surface area contributed by atoms with Crippen molar-refractivity contribution < 1.29 is 28.6 Å². The van der Waals surface area contributed by atoms with E-state index in [1.54, 1.807) is 0 Å². The first-order valence-electron chi connectivity index (χ1n) is 32.3. The molecule has 0 fully saturated rings. The van der Waals surface area contributed by atoms with E-state index in [9.17, 15) is 14.4 Å². The molecule has 0 aromatic carbocycles. The molecule has 0 saturated heterocycles. The molecule has 0 saturated carbocycles. The van der Waals surface area contributed by atoms with E-state index in [0.717, 1.165) is 89.9 Å². The number of hydrogen-bond acceptors (Lipinski definition) is 6. The van der Waals surface area contributed by atoms with Crippen molar-refractivity contribution in [2.75, 3.05) is 13.2 Å². The van der Waals surface area contributed by atoms with Crippen molar-refractivity contribution in [1.29, 1.82) is 0 Å². The third-order valence-electron chi connectivity index (χ3n) is 14.3. The molecular weight excluding hydrogens is 913 g/mol. The fourth-order valence-corrected chi connectivity index (χ4v) is 9.43.